The molecule has 0 fully saturated rings. The number of aromatic carboxylic acids is 1. The van der Waals surface area contributed by atoms with Crippen LogP contribution in [-0.2, 0) is 6.54 Å². The number of rotatable bonds is 6. The maximum absolute atomic E-state index is 12.1. The van der Waals surface area contributed by atoms with Crippen LogP contribution in [0.25, 0.3) is 0 Å². The summed E-state index contributed by atoms with van der Waals surface area (Å²) in [5, 5.41) is 8.91. The fraction of sp³-hybridized carbons (Fsp3) is 0.462. The number of benzene rings is 1. The standard InChI is InChI=1S/C13H16F3NO3/c1-17(6-5-13(14,15)16)8-10-7-9(12(18)19)3-4-11(10)20-2/h3-4,7H,5-6,8H2,1-2H3,(H,18,19). The van der Waals surface area contributed by atoms with Crippen molar-refractivity contribution in [2.24, 2.45) is 0 Å². The van der Waals surface area contributed by atoms with Gasteiger partial charge < -0.3 is 14.7 Å². The molecule has 0 spiro atoms. The maximum Gasteiger partial charge on any atom is 0.390 e. The zero-order valence-corrected chi connectivity index (χ0v) is 11.2. The third kappa shape index (κ3) is 5.08. The predicted molar refractivity (Wildman–Crippen MR) is 67.0 cm³/mol. The second-order valence-electron chi connectivity index (χ2n) is 4.43. The van der Waals surface area contributed by atoms with Crippen molar-refractivity contribution in [1.29, 1.82) is 0 Å². The molecule has 20 heavy (non-hydrogen) atoms. The summed E-state index contributed by atoms with van der Waals surface area (Å²) < 4.78 is 41.5. The van der Waals surface area contributed by atoms with Gasteiger partial charge in [0.05, 0.1) is 19.1 Å². The van der Waals surface area contributed by atoms with E-state index in [1.165, 1.54) is 30.2 Å². The third-order valence-electron chi connectivity index (χ3n) is 2.74. The van der Waals surface area contributed by atoms with Crippen molar-refractivity contribution < 1.29 is 27.8 Å². The number of hydrogen-bond acceptors (Lipinski definition) is 3. The maximum atomic E-state index is 12.1. The zero-order chi connectivity index (χ0) is 15.3. The molecule has 1 N–H and O–H groups in total. The zero-order valence-electron chi connectivity index (χ0n) is 11.2. The van der Waals surface area contributed by atoms with Crippen molar-refractivity contribution in [3.63, 3.8) is 0 Å². The topological polar surface area (TPSA) is 49.8 Å². The summed E-state index contributed by atoms with van der Waals surface area (Å²) in [5.74, 6) is -0.638. The molecule has 0 heterocycles. The normalized spacial score (nSPS) is 11.7. The first kappa shape index (κ1) is 16.3. The lowest BCUT2D eigenvalue weighted by Crippen LogP contribution is -2.24. The SMILES string of the molecule is COc1ccc(C(=O)O)cc1CN(C)CCC(F)(F)F. The molecule has 1 rings (SSSR count). The molecule has 0 atom stereocenters. The molecule has 0 radical (unpaired) electrons. The molecule has 112 valence electrons. The largest absolute Gasteiger partial charge is 0.496 e. The summed E-state index contributed by atoms with van der Waals surface area (Å²) in [6.45, 7) is 0.0182. The lowest BCUT2D eigenvalue weighted by molar-refractivity contribution is -0.137. The summed E-state index contributed by atoms with van der Waals surface area (Å²) in [4.78, 5) is 12.4. The molecular formula is C13H16F3NO3. The number of nitrogens with zero attached hydrogens (tertiary/aromatic N) is 1. The number of ether oxygens (including phenoxy) is 1. The van der Waals surface area contributed by atoms with Gasteiger partial charge in [-0.1, -0.05) is 0 Å². The van der Waals surface area contributed by atoms with Crippen LogP contribution in [0.4, 0.5) is 13.2 Å². The average Bonchev–Trinajstić information content (AvgIpc) is 2.35. The van der Waals surface area contributed by atoms with Gasteiger partial charge in [-0.3, -0.25) is 0 Å². The Labute approximate surface area is 114 Å². The van der Waals surface area contributed by atoms with Gasteiger partial charge in [0, 0.05) is 18.7 Å². The van der Waals surface area contributed by atoms with E-state index in [2.05, 4.69) is 0 Å². The molecule has 0 amide bonds. The van der Waals surface area contributed by atoms with Crippen molar-refractivity contribution in [1.82, 2.24) is 4.90 Å². The van der Waals surface area contributed by atoms with Gasteiger partial charge in [0.25, 0.3) is 0 Å². The van der Waals surface area contributed by atoms with Crippen LogP contribution in [0.1, 0.15) is 22.3 Å². The number of hydrogen-bond donors (Lipinski definition) is 1. The van der Waals surface area contributed by atoms with Crippen molar-refractivity contribution in [2.45, 2.75) is 19.1 Å². The Hall–Kier alpha value is -1.76. The first-order valence-corrected chi connectivity index (χ1v) is 5.88. The van der Waals surface area contributed by atoms with Crippen LogP contribution in [0.2, 0.25) is 0 Å². The number of methoxy groups -OCH3 is 1. The Morgan fingerprint density at radius 3 is 2.55 bits per heavy atom. The van der Waals surface area contributed by atoms with E-state index >= 15 is 0 Å². The number of carboxylic acid groups (broad SMARTS) is 1. The molecule has 7 heteroatoms. The monoisotopic (exact) mass is 291 g/mol. The van der Waals surface area contributed by atoms with Gasteiger partial charge in [-0.2, -0.15) is 13.2 Å². The minimum atomic E-state index is -4.21. The van der Waals surface area contributed by atoms with E-state index in [4.69, 9.17) is 9.84 Å². The van der Waals surface area contributed by atoms with E-state index in [-0.39, 0.29) is 18.7 Å². The highest BCUT2D eigenvalue weighted by Gasteiger charge is 2.27. The first-order chi connectivity index (χ1) is 9.23. The Kier molecular flexibility index (Phi) is 5.38. The lowest BCUT2D eigenvalue weighted by Gasteiger charge is -2.19. The molecule has 1 aromatic carbocycles. The molecular weight excluding hydrogens is 275 g/mol. The van der Waals surface area contributed by atoms with Crippen molar-refractivity contribution in [3.05, 3.63) is 29.3 Å². The molecule has 0 aliphatic carbocycles. The Bertz CT molecular complexity index is 474. The van der Waals surface area contributed by atoms with Crippen molar-refractivity contribution >= 4 is 5.97 Å². The summed E-state index contributed by atoms with van der Waals surface area (Å²) in [7, 11) is 2.97. The molecule has 0 saturated heterocycles. The van der Waals surface area contributed by atoms with Gasteiger partial charge in [0.2, 0.25) is 0 Å². The number of halogens is 3. The Morgan fingerprint density at radius 1 is 1.40 bits per heavy atom. The molecule has 4 nitrogen and oxygen atoms in total. The Morgan fingerprint density at radius 2 is 2.05 bits per heavy atom. The number of alkyl halides is 3. The fourth-order valence-corrected chi connectivity index (χ4v) is 1.72. The predicted octanol–water partition coefficient (Wildman–Crippen LogP) is 2.78. The van der Waals surface area contributed by atoms with Crippen LogP contribution >= 0.6 is 0 Å². The van der Waals surface area contributed by atoms with E-state index in [1.807, 2.05) is 0 Å². The van der Waals surface area contributed by atoms with Crippen molar-refractivity contribution in [3.8, 4) is 5.75 Å². The minimum absolute atomic E-state index is 0.0741. The minimum Gasteiger partial charge on any atom is -0.496 e. The molecule has 0 aliphatic heterocycles. The van der Waals surface area contributed by atoms with Crippen LogP contribution in [0.3, 0.4) is 0 Å². The Balaban J connectivity index is 2.79. The van der Waals surface area contributed by atoms with Gasteiger partial charge >= 0.3 is 12.1 Å². The van der Waals surface area contributed by atoms with Crippen LogP contribution < -0.4 is 4.74 Å². The van der Waals surface area contributed by atoms with Crippen LogP contribution in [0, 0.1) is 0 Å². The van der Waals surface area contributed by atoms with E-state index in [0.29, 0.717) is 11.3 Å². The second-order valence-corrected chi connectivity index (χ2v) is 4.43. The number of carboxylic acids is 1. The van der Waals surface area contributed by atoms with Crippen LogP contribution in [0.15, 0.2) is 18.2 Å². The summed E-state index contributed by atoms with van der Waals surface area (Å²) in [5.41, 5.74) is 0.613. The quantitative estimate of drug-likeness (QED) is 0.875. The number of carbonyl (C=O) groups is 1. The summed E-state index contributed by atoms with van der Waals surface area (Å²) in [6.07, 6.45) is -5.12. The molecule has 0 aliphatic rings. The van der Waals surface area contributed by atoms with Crippen LogP contribution in [-0.4, -0.2) is 42.9 Å². The van der Waals surface area contributed by atoms with E-state index < -0.39 is 18.6 Å². The highest BCUT2D eigenvalue weighted by atomic mass is 19.4. The summed E-state index contributed by atoms with van der Waals surface area (Å²) >= 11 is 0. The van der Waals surface area contributed by atoms with E-state index in [9.17, 15) is 18.0 Å². The van der Waals surface area contributed by atoms with E-state index in [1.54, 1.807) is 7.05 Å². The van der Waals surface area contributed by atoms with Gasteiger partial charge in [-0.15, -0.1) is 0 Å². The van der Waals surface area contributed by atoms with Crippen molar-refractivity contribution in [2.75, 3.05) is 20.7 Å². The van der Waals surface area contributed by atoms with Gasteiger partial charge in [0.15, 0.2) is 0 Å². The molecule has 0 unspecified atom stereocenters. The molecule has 0 bridgehead atoms. The lowest BCUT2D eigenvalue weighted by atomic mass is 10.1. The van der Waals surface area contributed by atoms with Gasteiger partial charge in [-0.05, 0) is 25.2 Å². The second kappa shape index (κ2) is 6.60. The van der Waals surface area contributed by atoms with Gasteiger partial charge in [-0.25, -0.2) is 4.79 Å². The first-order valence-electron chi connectivity index (χ1n) is 5.88. The van der Waals surface area contributed by atoms with Crippen LogP contribution in [0.5, 0.6) is 5.75 Å². The molecule has 0 aromatic heterocycles. The fourth-order valence-electron chi connectivity index (χ4n) is 1.72. The average molecular weight is 291 g/mol. The smallest absolute Gasteiger partial charge is 0.390 e. The highest BCUT2D eigenvalue weighted by Crippen LogP contribution is 2.23. The van der Waals surface area contributed by atoms with E-state index in [0.717, 1.165) is 0 Å². The van der Waals surface area contributed by atoms with Gasteiger partial charge in [0.1, 0.15) is 5.75 Å². The third-order valence-corrected chi connectivity index (χ3v) is 2.74. The molecule has 0 saturated carbocycles. The molecule has 1 aromatic rings. The summed E-state index contributed by atoms with van der Waals surface area (Å²) in [6, 6.07) is 4.29. The highest BCUT2D eigenvalue weighted by molar-refractivity contribution is 5.88.